The van der Waals surface area contributed by atoms with E-state index in [2.05, 4.69) is 15.2 Å². The molecule has 140 valence electrons. The van der Waals surface area contributed by atoms with Gasteiger partial charge in [-0.1, -0.05) is 23.2 Å². The first-order chi connectivity index (χ1) is 12.4. The fraction of sp³-hybridized carbons (Fsp3) is 0.444. The summed E-state index contributed by atoms with van der Waals surface area (Å²) in [5, 5.41) is 4.53. The zero-order valence-corrected chi connectivity index (χ0v) is 16.5. The number of carbonyl (C=O) groups is 1. The number of hydrogen-bond acceptors (Lipinski definition) is 4. The molecule has 2 heterocycles. The van der Waals surface area contributed by atoms with E-state index < -0.39 is 0 Å². The monoisotopic (exact) mass is 395 g/mol. The first kappa shape index (κ1) is 19.2. The molecule has 6 nitrogen and oxygen atoms in total. The molecule has 0 aliphatic carbocycles. The minimum absolute atomic E-state index is 0.0576. The number of nitrogens with one attached hydrogen (secondary N) is 1. The molecule has 1 amide bonds. The zero-order valence-electron chi connectivity index (χ0n) is 15.0. The lowest BCUT2D eigenvalue weighted by Gasteiger charge is -2.36. The lowest BCUT2D eigenvalue weighted by molar-refractivity contribution is -0.132. The van der Waals surface area contributed by atoms with Crippen molar-refractivity contribution >= 4 is 29.1 Å². The predicted molar refractivity (Wildman–Crippen MR) is 103 cm³/mol. The van der Waals surface area contributed by atoms with Gasteiger partial charge in [-0.15, -0.1) is 0 Å². The van der Waals surface area contributed by atoms with Crippen molar-refractivity contribution in [2.45, 2.75) is 12.6 Å². The average molecular weight is 396 g/mol. The number of aromatic nitrogens is 2. The van der Waals surface area contributed by atoms with Crippen molar-refractivity contribution in [3.05, 3.63) is 52.0 Å². The molecule has 1 aliphatic heterocycles. The van der Waals surface area contributed by atoms with Gasteiger partial charge >= 0.3 is 0 Å². The Bertz CT molecular complexity index is 758. The molecule has 1 unspecified atom stereocenters. The van der Waals surface area contributed by atoms with Crippen LogP contribution in [0.5, 0.6) is 0 Å². The van der Waals surface area contributed by atoms with Gasteiger partial charge in [0, 0.05) is 62.7 Å². The third-order valence-electron chi connectivity index (χ3n) is 4.62. The summed E-state index contributed by atoms with van der Waals surface area (Å²) in [7, 11) is 3.78. The number of carbonyl (C=O) groups excluding carboxylic acids is 1. The van der Waals surface area contributed by atoms with Crippen molar-refractivity contribution in [3.8, 4) is 0 Å². The van der Waals surface area contributed by atoms with Gasteiger partial charge in [-0.2, -0.15) is 0 Å². The van der Waals surface area contributed by atoms with E-state index in [4.69, 9.17) is 23.2 Å². The van der Waals surface area contributed by atoms with Crippen molar-refractivity contribution < 1.29 is 4.79 Å². The summed E-state index contributed by atoms with van der Waals surface area (Å²) in [4.78, 5) is 21.1. The molecule has 1 atom stereocenters. The molecule has 1 aliphatic rings. The van der Waals surface area contributed by atoms with E-state index in [1.54, 1.807) is 24.2 Å². The van der Waals surface area contributed by atoms with Crippen LogP contribution >= 0.6 is 23.2 Å². The maximum Gasteiger partial charge on any atom is 0.236 e. The van der Waals surface area contributed by atoms with Crippen LogP contribution in [0, 0.1) is 0 Å². The summed E-state index contributed by atoms with van der Waals surface area (Å²) in [5.41, 5.74) is 0.916. The number of hydrogen-bond donors (Lipinski definition) is 1. The quantitative estimate of drug-likeness (QED) is 0.843. The molecule has 0 bridgehead atoms. The van der Waals surface area contributed by atoms with Crippen molar-refractivity contribution in [2.75, 3.05) is 33.2 Å². The highest BCUT2D eigenvalue weighted by atomic mass is 35.5. The number of likely N-dealkylation sites (N-methyl/N-ethyl adjacent to an activating group) is 1. The number of aryl methyl sites for hydroxylation is 1. The largest absolute Gasteiger partial charge is 0.340 e. The Morgan fingerprint density at radius 2 is 2.08 bits per heavy atom. The minimum atomic E-state index is 0.0576. The van der Waals surface area contributed by atoms with Crippen molar-refractivity contribution in [3.63, 3.8) is 0 Å². The highest BCUT2D eigenvalue weighted by Gasteiger charge is 2.29. The Balaban J connectivity index is 1.66. The number of nitrogens with zero attached hydrogens (tertiary/aromatic N) is 4. The number of piperazine rings is 1. The van der Waals surface area contributed by atoms with Crippen molar-refractivity contribution in [1.29, 1.82) is 0 Å². The van der Waals surface area contributed by atoms with Crippen LogP contribution in [0.4, 0.5) is 0 Å². The molecule has 1 fully saturated rings. The SMILES string of the molecule is CN(Cc1cc(Cl)cc(Cl)c1)C(=O)CN1CCNCC1c1nccn1C. The smallest absolute Gasteiger partial charge is 0.236 e. The molecular weight excluding hydrogens is 373 g/mol. The van der Waals surface area contributed by atoms with Crippen LogP contribution in [-0.2, 0) is 18.4 Å². The van der Waals surface area contributed by atoms with E-state index in [1.165, 1.54) is 0 Å². The molecule has 3 rings (SSSR count). The Hall–Kier alpha value is -1.60. The van der Waals surface area contributed by atoms with E-state index in [1.807, 2.05) is 29.9 Å². The summed E-state index contributed by atoms with van der Waals surface area (Å²) < 4.78 is 2.01. The van der Waals surface area contributed by atoms with Crippen LogP contribution in [-0.4, -0.2) is 58.5 Å². The van der Waals surface area contributed by atoms with Gasteiger partial charge in [0.25, 0.3) is 0 Å². The van der Waals surface area contributed by atoms with E-state index >= 15 is 0 Å². The first-order valence-corrected chi connectivity index (χ1v) is 9.30. The summed E-state index contributed by atoms with van der Waals surface area (Å²) >= 11 is 12.1. The fourth-order valence-electron chi connectivity index (χ4n) is 3.25. The van der Waals surface area contributed by atoms with Crippen LogP contribution in [0.25, 0.3) is 0 Å². The summed E-state index contributed by atoms with van der Waals surface area (Å²) in [6, 6.07) is 5.44. The third-order valence-corrected chi connectivity index (χ3v) is 5.05. The summed E-state index contributed by atoms with van der Waals surface area (Å²) in [6.07, 6.45) is 3.72. The number of imidazole rings is 1. The normalized spacial score (nSPS) is 18.1. The molecular formula is C18H23Cl2N5O. The minimum Gasteiger partial charge on any atom is -0.340 e. The van der Waals surface area contributed by atoms with Gasteiger partial charge in [-0.3, -0.25) is 9.69 Å². The second-order valence-corrected chi connectivity index (χ2v) is 7.49. The molecule has 2 aromatic rings. The van der Waals surface area contributed by atoms with E-state index in [0.717, 1.165) is 31.0 Å². The molecule has 0 radical (unpaired) electrons. The summed E-state index contributed by atoms with van der Waals surface area (Å²) in [6.45, 7) is 3.27. The second-order valence-electron chi connectivity index (χ2n) is 6.61. The van der Waals surface area contributed by atoms with E-state index in [9.17, 15) is 4.79 Å². The zero-order chi connectivity index (χ0) is 18.7. The van der Waals surface area contributed by atoms with Gasteiger partial charge in [-0.05, 0) is 23.8 Å². The highest BCUT2D eigenvalue weighted by molar-refractivity contribution is 6.34. The number of rotatable bonds is 5. The average Bonchev–Trinajstić information content (AvgIpc) is 3.00. The van der Waals surface area contributed by atoms with E-state index in [0.29, 0.717) is 23.1 Å². The molecule has 0 spiro atoms. The van der Waals surface area contributed by atoms with Gasteiger partial charge in [0.1, 0.15) is 5.82 Å². The molecule has 0 saturated carbocycles. The molecule has 26 heavy (non-hydrogen) atoms. The molecule has 1 saturated heterocycles. The van der Waals surface area contributed by atoms with Crippen molar-refractivity contribution in [2.24, 2.45) is 7.05 Å². The number of amides is 1. The maximum atomic E-state index is 12.8. The highest BCUT2D eigenvalue weighted by Crippen LogP contribution is 2.22. The Morgan fingerprint density at radius 3 is 2.73 bits per heavy atom. The predicted octanol–water partition coefficient (Wildman–Crippen LogP) is 2.33. The molecule has 1 N–H and O–H groups in total. The fourth-order valence-corrected chi connectivity index (χ4v) is 3.82. The van der Waals surface area contributed by atoms with Crippen LogP contribution in [0.3, 0.4) is 0 Å². The Morgan fingerprint density at radius 1 is 1.35 bits per heavy atom. The molecule has 1 aromatic heterocycles. The van der Waals surface area contributed by atoms with Crippen LogP contribution < -0.4 is 5.32 Å². The number of halogens is 2. The maximum absolute atomic E-state index is 12.8. The topological polar surface area (TPSA) is 53.4 Å². The first-order valence-electron chi connectivity index (χ1n) is 8.55. The molecule has 1 aromatic carbocycles. The Kier molecular flexibility index (Phi) is 6.19. The standard InChI is InChI=1S/C18H23Cl2N5O/c1-23-5-4-22-18(23)16-10-21-3-6-25(16)12-17(26)24(2)11-13-7-14(19)9-15(20)8-13/h4-5,7-9,16,21H,3,6,10-12H2,1-2H3. The van der Waals surface area contributed by atoms with Crippen LogP contribution in [0.15, 0.2) is 30.6 Å². The van der Waals surface area contributed by atoms with Crippen LogP contribution in [0.2, 0.25) is 10.0 Å². The third kappa shape index (κ3) is 4.57. The van der Waals surface area contributed by atoms with Crippen molar-refractivity contribution in [1.82, 2.24) is 24.7 Å². The number of benzene rings is 1. The lowest BCUT2D eigenvalue weighted by Crippen LogP contribution is -2.50. The van der Waals surface area contributed by atoms with Gasteiger partial charge in [-0.25, -0.2) is 4.98 Å². The van der Waals surface area contributed by atoms with Gasteiger partial charge < -0.3 is 14.8 Å². The summed E-state index contributed by atoms with van der Waals surface area (Å²) in [5.74, 6) is 1.02. The van der Waals surface area contributed by atoms with Gasteiger partial charge in [0.05, 0.1) is 12.6 Å². The molecule has 8 heteroatoms. The van der Waals surface area contributed by atoms with Gasteiger partial charge in [0.2, 0.25) is 5.91 Å². The Labute approximate surface area is 163 Å². The van der Waals surface area contributed by atoms with Gasteiger partial charge in [0.15, 0.2) is 0 Å². The second kappa shape index (κ2) is 8.39. The van der Waals surface area contributed by atoms with E-state index in [-0.39, 0.29) is 11.9 Å². The van der Waals surface area contributed by atoms with Crippen LogP contribution in [0.1, 0.15) is 17.4 Å². The lowest BCUT2D eigenvalue weighted by atomic mass is 10.1.